The first-order valence-corrected chi connectivity index (χ1v) is 7.93. The molecule has 1 aromatic rings. The molecule has 0 heterocycles. The standard InChI is InChI=1S/C17H22FNO4/c1-11(23-15-10-6-5-8-13(15)18)16(20)19-14-9-4-2-3-7-12(14)17(21)22/h5-6,8,10-12,14H,2-4,7,9H2,1H3,(H,19,20)(H,21,22)/t11?,12-,14+/m1/s1. The predicted octanol–water partition coefficient (Wildman–Crippen LogP) is 2.74. The molecule has 1 unspecified atom stereocenters. The molecule has 0 saturated heterocycles. The molecule has 2 N–H and O–H groups in total. The second kappa shape index (κ2) is 7.94. The molecule has 126 valence electrons. The Kier molecular flexibility index (Phi) is 5.96. The summed E-state index contributed by atoms with van der Waals surface area (Å²) in [5.41, 5.74) is 0. The average molecular weight is 323 g/mol. The van der Waals surface area contributed by atoms with E-state index in [-0.39, 0.29) is 5.75 Å². The van der Waals surface area contributed by atoms with Crippen LogP contribution in [0.1, 0.15) is 39.0 Å². The minimum Gasteiger partial charge on any atom is -0.481 e. The summed E-state index contributed by atoms with van der Waals surface area (Å²) in [5.74, 6) is -2.43. The molecule has 0 bridgehead atoms. The van der Waals surface area contributed by atoms with Gasteiger partial charge in [0.1, 0.15) is 0 Å². The van der Waals surface area contributed by atoms with Gasteiger partial charge in [0, 0.05) is 6.04 Å². The van der Waals surface area contributed by atoms with Gasteiger partial charge in [-0.25, -0.2) is 4.39 Å². The van der Waals surface area contributed by atoms with Crippen LogP contribution in [0.2, 0.25) is 0 Å². The third kappa shape index (κ3) is 4.68. The van der Waals surface area contributed by atoms with E-state index in [1.54, 1.807) is 6.07 Å². The maximum Gasteiger partial charge on any atom is 0.308 e. The highest BCUT2D eigenvalue weighted by Gasteiger charge is 2.32. The maximum atomic E-state index is 13.6. The number of ether oxygens (including phenoxy) is 1. The Bertz CT molecular complexity index is 563. The minimum atomic E-state index is -0.899. The lowest BCUT2D eigenvalue weighted by Gasteiger charge is -2.25. The highest BCUT2D eigenvalue weighted by Crippen LogP contribution is 2.24. The SMILES string of the molecule is CC(Oc1ccccc1F)C(=O)N[C@H]1CCCCC[C@H]1C(=O)O. The van der Waals surface area contributed by atoms with Crippen LogP contribution in [-0.2, 0) is 9.59 Å². The van der Waals surface area contributed by atoms with Gasteiger partial charge in [0.15, 0.2) is 17.7 Å². The molecule has 0 radical (unpaired) electrons. The summed E-state index contributed by atoms with van der Waals surface area (Å²) < 4.78 is 18.9. The number of aliphatic carboxylic acids is 1. The van der Waals surface area contributed by atoms with Crippen molar-refractivity contribution >= 4 is 11.9 Å². The van der Waals surface area contributed by atoms with Crippen LogP contribution < -0.4 is 10.1 Å². The molecule has 1 saturated carbocycles. The van der Waals surface area contributed by atoms with Gasteiger partial charge < -0.3 is 15.2 Å². The number of rotatable bonds is 5. The lowest BCUT2D eigenvalue weighted by Crippen LogP contribution is -2.47. The fraction of sp³-hybridized carbons (Fsp3) is 0.529. The van der Waals surface area contributed by atoms with E-state index in [1.165, 1.54) is 25.1 Å². The van der Waals surface area contributed by atoms with E-state index in [2.05, 4.69) is 5.32 Å². The number of carbonyl (C=O) groups is 2. The number of amides is 1. The Balaban J connectivity index is 1.98. The molecule has 6 heteroatoms. The zero-order chi connectivity index (χ0) is 16.8. The summed E-state index contributed by atoms with van der Waals surface area (Å²) in [5, 5.41) is 12.1. The van der Waals surface area contributed by atoms with Gasteiger partial charge in [0.2, 0.25) is 0 Å². The van der Waals surface area contributed by atoms with Crippen molar-refractivity contribution in [2.45, 2.75) is 51.2 Å². The molecule has 3 atom stereocenters. The number of halogens is 1. The van der Waals surface area contributed by atoms with Crippen LogP contribution in [0.25, 0.3) is 0 Å². The maximum absolute atomic E-state index is 13.6. The van der Waals surface area contributed by atoms with Crippen LogP contribution in [0.5, 0.6) is 5.75 Å². The second-order valence-corrected chi connectivity index (χ2v) is 5.89. The number of carboxylic acid groups (broad SMARTS) is 1. The Hall–Kier alpha value is -2.11. The first-order valence-electron chi connectivity index (χ1n) is 7.93. The van der Waals surface area contributed by atoms with E-state index >= 15 is 0 Å². The van der Waals surface area contributed by atoms with Crippen molar-refractivity contribution in [2.75, 3.05) is 0 Å². The van der Waals surface area contributed by atoms with Crippen molar-refractivity contribution in [1.82, 2.24) is 5.32 Å². The summed E-state index contributed by atoms with van der Waals surface area (Å²) in [4.78, 5) is 23.6. The lowest BCUT2D eigenvalue weighted by molar-refractivity contribution is -0.143. The molecule has 0 aliphatic heterocycles. The summed E-state index contributed by atoms with van der Waals surface area (Å²) in [6.45, 7) is 1.52. The number of benzene rings is 1. The molecule has 1 fully saturated rings. The van der Waals surface area contributed by atoms with Gasteiger partial charge in [-0.15, -0.1) is 0 Å². The van der Waals surface area contributed by atoms with Crippen molar-refractivity contribution in [2.24, 2.45) is 5.92 Å². The van der Waals surface area contributed by atoms with Crippen LogP contribution in [-0.4, -0.2) is 29.1 Å². The van der Waals surface area contributed by atoms with E-state index in [1.807, 2.05) is 0 Å². The number of carboxylic acids is 1. The lowest BCUT2D eigenvalue weighted by atomic mass is 9.94. The first kappa shape index (κ1) is 17.2. The topological polar surface area (TPSA) is 75.6 Å². The van der Waals surface area contributed by atoms with E-state index in [9.17, 15) is 19.1 Å². The van der Waals surface area contributed by atoms with Crippen LogP contribution in [0, 0.1) is 11.7 Å². The molecule has 0 aromatic heterocycles. The van der Waals surface area contributed by atoms with E-state index < -0.39 is 35.8 Å². The van der Waals surface area contributed by atoms with Crippen LogP contribution >= 0.6 is 0 Å². The van der Waals surface area contributed by atoms with Crippen LogP contribution in [0.3, 0.4) is 0 Å². The van der Waals surface area contributed by atoms with Crippen molar-refractivity contribution in [1.29, 1.82) is 0 Å². The van der Waals surface area contributed by atoms with Gasteiger partial charge in [-0.05, 0) is 31.9 Å². The van der Waals surface area contributed by atoms with Crippen molar-refractivity contribution in [3.8, 4) is 5.75 Å². The van der Waals surface area contributed by atoms with E-state index in [0.717, 1.165) is 19.3 Å². The van der Waals surface area contributed by atoms with Crippen molar-refractivity contribution in [3.05, 3.63) is 30.1 Å². The quantitative estimate of drug-likeness (QED) is 0.817. The van der Waals surface area contributed by atoms with Crippen molar-refractivity contribution < 1.29 is 23.8 Å². The van der Waals surface area contributed by atoms with Crippen molar-refractivity contribution in [3.63, 3.8) is 0 Å². The highest BCUT2D eigenvalue weighted by atomic mass is 19.1. The van der Waals surface area contributed by atoms with Gasteiger partial charge in [-0.3, -0.25) is 9.59 Å². The zero-order valence-electron chi connectivity index (χ0n) is 13.1. The van der Waals surface area contributed by atoms with Gasteiger partial charge >= 0.3 is 5.97 Å². The van der Waals surface area contributed by atoms with E-state index in [4.69, 9.17) is 4.74 Å². The normalized spacial score (nSPS) is 22.7. The molecular weight excluding hydrogens is 301 g/mol. The number of hydrogen-bond acceptors (Lipinski definition) is 3. The molecule has 1 aromatic carbocycles. The predicted molar refractivity (Wildman–Crippen MR) is 82.6 cm³/mol. The van der Waals surface area contributed by atoms with Crippen LogP contribution in [0.15, 0.2) is 24.3 Å². The van der Waals surface area contributed by atoms with Gasteiger partial charge in [-0.1, -0.05) is 31.4 Å². The molecule has 1 aliphatic rings. The van der Waals surface area contributed by atoms with Gasteiger partial charge in [-0.2, -0.15) is 0 Å². The fourth-order valence-electron chi connectivity index (χ4n) is 2.86. The Morgan fingerprint density at radius 2 is 1.96 bits per heavy atom. The third-order valence-corrected chi connectivity index (χ3v) is 4.17. The second-order valence-electron chi connectivity index (χ2n) is 5.89. The fourth-order valence-corrected chi connectivity index (χ4v) is 2.86. The third-order valence-electron chi connectivity index (χ3n) is 4.17. The van der Waals surface area contributed by atoms with Crippen LogP contribution in [0.4, 0.5) is 4.39 Å². The molecule has 1 aliphatic carbocycles. The molecule has 23 heavy (non-hydrogen) atoms. The van der Waals surface area contributed by atoms with E-state index in [0.29, 0.717) is 12.8 Å². The minimum absolute atomic E-state index is 0.00537. The Labute approximate surface area is 134 Å². The monoisotopic (exact) mass is 323 g/mol. The number of para-hydroxylation sites is 1. The summed E-state index contributed by atoms with van der Waals surface area (Å²) in [6, 6.07) is 5.45. The molecular formula is C17H22FNO4. The van der Waals surface area contributed by atoms with Gasteiger partial charge in [0.25, 0.3) is 5.91 Å². The molecule has 0 spiro atoms. The Morgan fingerprint density at radius 1 is 1.26 bits per heavy atom. The highest BCUT2D eigenvalue weighted by molar-refractivity contribution is 5.82. The molecule has 5 nitrogen and oxygen atoms in total. The molecule has 1 amide bonds. The first-order chi connectivity index (χ1) is 11.0. The summed E-state index contributed by atoms with van der Waals surface area (Å²) >= 11 is 0. The molecule has 2 rings (SSSR count). The Morgan fingerprint density at radius 3 is 2.65 bits per heavy atom. The number of hydrogen-bond donors (Lipinski definition) is 2. The zero-order valence-corrected chi connectivity index (χ0v) is 13.1. The number of carbonyl (C=O) groups excluding carboxylic acids is 1. The average Bonchev–Trinajstić information content (AvgIpc) is 2.75. The smallest absolute Gasteiger partial charge is 0.308 e. The summed E-state index contributed by atoms with van der Waals surface area (Å²) in [7, 11) is 0. The number of nitrogens with one attached hydrogen (secondary N) is 1. The summed E-state index contributed by atoms with van der Waals surface area (Å²) in [6.07, 6.45) is 3.00. The largest absolute Gasteiger partial charge is 0.481 e. The van der Waals surface area contributed by atoms with Gasteiger partial charge in [0.05, 0.1) is 5.92 Å².